The first kappa shape index (κ1) is 25.1. The van der Waals surface area contributed by atoms with Crippen LogP contribution < -0.4 is 30.2 Å². The lowest BCUT2D eigenvalue weighted by atomic mass is 10.1. The molecular weight excluding hydrogens is 481 g/mol. The number of anilines is 3. The molecule has 0 bridgehead atoms. The zero-order chi connectivity index (χ0) is 24.8. The van der Waals surface area contributed by atoms with Crippen molar-refractivity contribution >= 4 is 51.9 Å². The van der Waals surface area contributed by atoms with Crippen LogP contribution in [0.1, 0.15) is 15.9 Å². The van der Waals surface area contributed by atoms with E-state index in [0.29, 0.717) is 39.3 Å². The Bertz CT molecular complexity index is 1240. The summed E-state index contributed by atoms with van der Waals surface area (Å²) in [6.07, 6.45) is 0. The number of amides is 1. The molecule has 0 saturated carbocycles. The molecule has 7 nitrogen and oxygen atoms in total. The van der Waals surface area contributed by atoms with Crippen LogP contribution in [-0.2, 0) is 0 Å². The summed E-state index contributed by atoms with van der Waals surface area (Å²) in [7, 11) is 4.50. The Kier molecular flexibility index (Phi) is 8.14. The lowest BCUT2D eigenvalue weighted by Crippen LogP contribution is -2.20. The van der Waals surface area contributed by atoms with Gasteiger partial charge in [-0.05, 0) is 49.0 Å². The summed E-state index contributed by atoms with van der Waals surface area (Å²) in [4.78, 5) is 12.5. The fourth-order valence-electron chi connectivity index (χ4n) is 3.16. The molecule has 0 atom stereocenters. The smallest absolute Gasteiger partial charge is 0.258 e. The minimum atomic E-state index is -0.612. The highest BCUT2D eigenvalue weighted by Crippen LogP contribution is 2.36. The highest BCUT2D eigenvalue weighted by Gasteiger charge is 2.16. The predicted octanol–water partition coefficient (Wildman–Crippen LogP) is 5.87. The molecule has 0 aliphatic carbocycles. The highest BCUT2D eigenvalue weighted by molar-refractivity contribution is 7.80. The second-order valence-corrected chi connectivity index (χ2v) is 7.88. The number of methoxy groups -OCH3 is 3. The summed E-state index contributed by atoms with van der Waals surface area (Å²) in [6, 6.07) is 12.4. The van der Waals surface area contributed by atoms with E-state index in [2.05, 4.69) is 16.0 Å². The number of carbonyl (C=O) groups is 1. The Morgan fingerprint density at radius 2 is 1.44 bits per heavy atom. The molecule has 0 fully saturated rings. The maximum Gasteiger partial charge on any atom is 0.258 e. The van der Waals surface area contributed by atoms with Gasteiger partial charge in [-0.2, -0.15) is 0 Å². The van der Waals surface area contributed by atoms with E-state index in [1.165, 1.54) is 39.5 Å². The molecule has 3 aromatic carbocycles. The number of rotatable bonds is 7. The number of nitrogens with one attached hydrogen (secondary N) is 3. The van der Waals surface area contributed by atoms with Crippen molar-refractivity contribution in [3.63, 3.8) is 0 Å². The van der Waals surface area contributed by atoms with Crippen molar-refractivity contribution in [2.75, 3.05) is 37.3 Å². The topological polar surface area (TPSA) is 80.8 Å². The number of carbonyl (C=O) groups excluding carboxylic acids is 1. The van der Waals surface area contributed by atoms with Crippen molar-refractivity contribution < 1.29 is 23.4 Å². The van der Waals surface area contributed by atoms with Crippen LogP contribution in [0.25, 0.3) is 0 Å². The Balaban J connectivity index is 1.80. The molecule has 0 spiro atoms. The lowest BCUT2D eigenvalue weighted by Gasteiger charge is -2.18. The average Bonchev–Trinajstić information content (AvgIpc) is 2.81. The van der Waals surface area contributed by atoms with E-state index in [1.807, 2.05) is 6.92 Å². The first-order valence-electron chi connectivity index (χ1n) is 10.0. The fourth-order valence-corrected chi connectivity index (χ4v) is 3.62. The second kappa shape index (κ2) is 11.0. The maximum atomic E-state index is 14.0. The van der Waals surface area contributed by atoms with Crippen molar-refractivity contribution in [2.24, 2.45) is 0 Å². The van der Waals surface area contributed by atoms with Gasteiger partial charge in [0.05, 0.1) is 43.3 Å². The van der Waals surface area contributed by atoms with Gasteiger partial charge in [-0.1, -0.05) is 23.7 Å². The van der Waals surface area contributed by atoms with E-state index < -0.39 is 11.7 Å². The van der Waals surface area contributed by atoms with Gasteiger partial charge in [-0.15, -0.1) is 0 Å². The first-order valence-corrected chi connectivity index (χ1v) is 10.8. The number of hydrogen-bond donors (Lipinski definition) is 3. The quantitative estimate of drug-likeness (QED) is 0.348. The molecule has 0 heterocycles. The molecule has 0 aromatic heterocycles. The van der Waals surface area contributed by atoms with E-state index in [9.17, 15) is 9.18 Å². The Hall–Kier alpha value is -3.56. The summed E-state index contributed by atoms with van der Waals surface area (Å²) in [5.41, 5.74) is 2.26. The van der Waals surface area contributed by atoms with Gasteiger partial charge in [-0.25, -0.2) is 4.39 Å². The number of halogens is 2. The molecule has 0 radical (unpaired) electrons. The van der Waals surface area contributed by atoms with Gasteiger partial charge in [0.1, 0.15) is 23.1 Å². The van der Waals surface area contributed by atoms with Gasteiger partial charge in [-0.3, -0.25) is 4.79 Å². The fraction of sp³-hybridized carbons (Fsp3) is 0.167. The van der Waals surface area contributed by atoms with Crippen molar-refractivity contribution in [1.82, 2.24) is 0 Å². The van der Waals surface area contributed by atoms with E-state index in [0.717, 1.165) is 5.56 Å². The monoisotopic (exact) mass is 503 g/mol. The SMILES string of the molecule is COc1cc(OC)c(NC(=S)Nc2cc(OC)c(NC(=O)c3ccccc3F)cc2C)cc1Cl. The van der Waals surface area contributed by atoms with Crippen LogP contribution in [0.2, 0.25) is 5.02 Å². The van der Waals surface area contributed by atoms with Crippen LogP contribution in [0, 0.1) is 12.7 Å². The number of ether oxygens (including phenoxy) is 3. The zero-order valence-electron chi connectivity index (χ0n) is 18.9. The molecule has 178 valence electrons. The molecule has 0 unspecified atom stereocenters. The summed E-state index contributed by atoms with van der Waals surface area (Å²) >= 11 is 11.7. The second-order valence-electron chi connectivity index (χ2n) is 7.07. The van der Waals surface area contributed by atoms with Crippen LogP contribution in [0.4, 0.5) is 21.5 Å². The van der Waals surface area contributed by atoms with Crippen LogP contribution in [0.5, 0.6) is 17.2 Å². The van der Waals surface area contributed by atoms with Crippen LogP contribution in [0.3, 0.4) is 0 Å². The highest BCUT2D eigenvalue weighted by atomic mass is 35.5. The molecule has 0 aliphatic rings. The summed E-state index contributed by atoms with van der Waals surface area (Å²) < 4.78 is 30.0. The van der Waals surface area contributed by atoms with Crippen molar-refractivity contribution in [3.05, 3.63) is 70.5 Å². The zero-order valence-corrected chi connectivity index (χ0v) is 20.5. The number of thiocarbonyl (C=S) groups is 1. The molecule has 0 saturated heterocycles. The Morgan fingerprint density at radius 1 is 0.853 bits per heavy atom. The summed E-state index contributed by atoms with van der Waals surface area (Å²) in [5.74, 6) is 0.129. The van der Waals surface area contributed by atoms with Gasteiger partial charge >= 0.3 is 0 Å². The van der Waals surface area contributed by atoms with E-state index >= 15 is 0 Å². The third kappa shape index (κ3) is 5.67. The predicted molar refractivity (Wildman–Crippen MR) is 136 cm³/mol. The standard InChI is InChI=1S/C24H23ClFN3O4S/c1-13-9-18(27-23(30)14-7-5-6-8-16(14)26)21(32-3)11-17(13)28-24(34)29-19-10-15(25)20(31-2)12-22(19)33-4/h5-12H,1-4H3,(H,27,30)(H2,28,29,34). The molecular formula is C24H23ClFN3O4S. The molecule has 34 heavy (non-hydrogen) atoms. The number of hydrogen-bond acceptors (Lipinski definition) is 5. The Morgan fingerprint density at radius 3 is 2.09 bits per heavy atom. The van der Waals surface area contributed by atoms with Crippen molar-refractivity contribution in [2.45, 2.75) is 6.92 Å². The van der Waals surface area contributed by atoms with Crippen LogP contribution >= 0.6 is 23.8 Å². The van der Waals surface area contributed by atoms with Crippen LogP contribution in [0.15, 0.2) is 48.5 Å². The third-order valence-electron chi connectivity index (χ3n) is 4.88. The minimum absolute atomic E-state index is 0.0677. The van der Waals surface area contributed by atoms with Crippen molar-refractivity contribution in [3.8, 4) is 17.2 Å². The van der Waals surface area contributed by atoms with Gasteiger partial charge in [0.25, 0.3) is 5.91 Å². The lowest BCUT2D eigenvalue weighted by molar-refractivity contribution is 0.102. The molecule has 3 rings (SSSR count). The van der Waals surface area contributed by atoms with Gasteiger partial charge in [0, 0.05) is 17.8 Å². The summed E-state index contributed by atoms with van der Waals surface area (Å²) in [6.45, 7) is 1.83. The minimum Gasteiger partial charge on any atom is -0.495 e. The average molecular weight is 504 g/mol. The van der Waals surface area contributed by atoms with Crippen LogP contribution in [-0.4, -0.2) is 32.3 Å². The normalized spacial score (nSPS) is 10.3. The molecule has 0 aliphatic heterocycles. The van der Waals surface area contributed by atoms with Gasteiger partial charge < -0.3 is 30.2 Å². The van der Waals surface area contributed by atoms with E-state index in [1.54, 1.807) is 30.3 Å². The van der Waals surface area contributed by atoms with E-state index in [-0.39, 0.29) is 10.7 Å². The van der Waals surface area contributed by atoms with Gasteiger partial charge in [0.15, 0.2) is 5.11 Å². The number of aryl methyl sites for hydroxylation is 1. The first-order chi connectivity index (χ1) is 16.3. The molecule has 1 amide bonds. The molecule has 3 N–H and O–H groups in total. The molecule has 10 heteroatoms. The summed E-state index contributed by atoms with van der Waals surface area (Å²) in [5, 5.41) is 9.49. The largest absolute Gasteiger partial charge is 0.495 e. The van der Waals surface area contributed by atoms with E-state index in [4.69, 9.17) is 38.0 Å². The Labute approximate surface area is 207 Å². The third-order valence-corrected chi connectivity index (χ3v) is 5.38. The van der Waals surface area contributed by atoms with Crippen molar-refractivity contribution in [1.29, 1.82) is 0 Å². The maximum absolute atomic E-state index is 14.0. The number of benzene rings is 3. The van der Waals surface area contributed by atoms with Gasteiger partial charge in [0.2, 0.25) is 0 Å². The molecule has 3 aromatic rings.